The van der Waals surface area contributed by atoms with Gasteiger partial charge in [-0.2, -0.15) is 13.2 Å². The summed E-state index contributed by atoms with van der Waals surface area (Å²) >= 11 is 0. The zero-order valence-corrected chi connectivity index (χ0v) is 10.5. The minimum atomic E-state index is -4.35. The maximum Gasteiger partial charge on any atom is 0.416 e. The first kappa shape index (κ1) is 13.3. The summed E-state index contributed by atoms with van der Waals surface area (Å²) in [5.74, 6) is -0.374. The number of carbonyl (C=O) groups is 1. The quantitative estimate of drug-likeness (QED) is 0.923. The number of hydrogen-bond acceptors (Lipinski definition) is 2. The highest BCUT2D eigenvalue weighted by Crippen LogP contribution is 2.73. The molecule has 108 valence electrons. The summed E-state index contributed by atoms with van der Waals surface area (Å²) in [6.07, 6.45) is -2.53. The average Bonchev–Trinajstić information content (AvgIpc) is 2.24. The molecule has 3 aliphatic carbocycles. The molecule has 3 fully saturated rings. The lowest BCUT2D eigenvalue weighted by Gasteiger charge is -2.67. The number of alkyl halides is 3. The van der Waals surface area contributed by atoms with Gasteiger partial charge in [-0.1, -0.05) is 0 Å². The number of carboxylic acids is 1. The Balaban J connectivity index is 1.55. The molecule has 0 amide bonds. The fraction of sp³-hybridized carbons (Fsp3) is 0.500. The molecule has 6 heteroatoms. The Morgan fingerprint density at radius 1 is 1.20 bits per heavy atom. The van der Waals surface area contributed by atoms with Crippen molar-refractivity contribution in [1.82, 2.24) is 0 Å². The van der Waals surface area contributed by atoms with Crippen LogP contribution in [0.15, 0.2) is 24.3 Å². The average molecular weight is 286 g/mol. The van der Waals surface area contributed by atoms with Gasteiger partial charge in [0, 0.05) is 5.41 Å². The molecule has 20 heavy (non-hydrogen) atoms. The lowest BCUT2D eigenvalue weighted by atomic mass is 9.35. The molecule has 0 unspecified atom stereocenters. The number of hydrogen-bond donors (Lipinski definition) is 1. The van der Waals surface area contributed by atoms with Crippen molar-refractivity contribution in [1.29, 1.82) is 0 Å². The van der Waals surface area contributed by atoms with E-state index in [1.54, 1.807) is 0 Å². The summed E-state index contributed by atoms with van der Waals surface area (Å²) in [6.45, 7) is 0.368. The van der Waals surface area contributed by atoms with Gasteiger partial charge in [-0.3, -0.25) is 4.79 Å². The second-order valence-corrected chi connectivity index (χ2v) is 5.93. The van der Waals surface area contributed by atoms with Gasteiger partial charge in [0.1, 0.15) is 5.75 Å². The minimum absolute atomic E-state index is 0.0823. The van der Waals surface area contributed by atoms with Gasteiger partial charge < -0.3 is 9.84 Å². The minimum Gasteiger partial charge on any atom is -0.493 e. The molecule has 0 aliphatic heterocycles. The van der Waals surface area contributed by atoms with Crippen molar-refractivity contribution >= 4 is 5.97 Å². The SMILES string of the molecule is O=C(O)C12CC(COc3ccc(C(F)(F)F)cc3)(C1)C2. The summed E-state index contributed by atoms with van der Waals surface area (Å²) < 4.78 is 42.6. The predicted octanol–water partition coefficient (Wildman–Crippen LogP) is 3.34. The number of carboxylic acid groups (broad SMARTS) is 1. The molecule has 3 saturated carbocycles. The molecule has 0 spiro atoms. The van der Waals surface area contributed by atoms with Gasteiger partial charge in [0.15, 0.2) is 0 Å². The molecule has 0 heterocycles. The zero-order valence-electron chi connectivity index (χ0n) is 10.5. The maximum atomic E-state index is 12.4. The van der Waals surface area contributed by atoms with Crippen LogP contribution in [0.5, 0.6) is 5.75 Å². The van der Waals surface area contributed by atoms with E-state index in [1.165, 1.54) is 12.1 Å². The van der Waals surface area contributed by atoms with Crippen LogP contribution in [0.25, 0.3) is 0 Å². The largest absolute Gasteiger partial charge is 0.493 e. The van der Waals surface area contributed by atoms with Crippen LogP contribution >= 0.6 is 0 Å². The van der Waals surface area contributed by atoms with Crippen LogP contribution in [0.3, 0.4) is 0 Å². The Bertz CT molecular complexity index is 528. The Hall–Kier alpha value is -1.72. The Morgan fingerprint density at radius 2 is 1.75 bits per heavy atom. The molecule has 1 aromatic carbocycles. The van der Waals surface area contributed by atoms with Crippen molar-refractivity contribution in [3.8, 4) is 5.75 Å². The second-order valence-electron chi connectivity index (χ2n) is 5.93. The summed E-state index contributed by atoms with van der Waals surface area (Å²) in [6, 6.07) is 4.55. The number of halogens is 3. The molecule has 0 aromatic heterocycles. The Labute approximate surface area is 113 Å². The summed E-state index contributed by atoms with van der Waals surface area (Å²) in [4.78, 5) is 10.9. The first-order valence-electron chi connectivity index (χ1n) is 6.28. The molecular formula is C14H13F3O3. The van der Waals surface area contributed by atoms with Crippen molar-refractivity contribution in [2.75, 3.05) is 6.61 Å². The van der Waals surface area contributed by atoms with Gasteiger partial charge >= 0.3 is 12.1 Å². The number of aliphatic carboxylic acids is 1. The van der Waals surface area contributed by atoms with Crippen molar-refractivity contribution < 1.29 is 27.8 Å². The van der Waals surface area contributed by atoms with E-state index in [2.05, 4.69) is 0 Å². The second kappa shape index (κ2) is 3.90. The van der Waals surface area contributed by atoms with Crippen molar-refractivity contribution in [2.24, 2.45) is 10.8 Å². The summed E-state index contributed by atoms with van der Waals surface area (Å²) in [5, 5.41) is 8.99. The highest BCUT2D eigenvalue weighted by Gasteiger charge is 2.72. The third kappa shape index (κ3) is 1.94. The highest BCUT2D eigenvalue weighted by atomic mass is 19.4. The van der Waals surface area contributed by atoms with Crippen LogP contribution in [0.2, 0.25) is 0 Å². The van der Waals surface area contributed by atoms with E-state index in [0.717, 1.165) is 12.1 Å². The van der Waals surface area contributed by atoms with E-state index in [9.17, 15) is 18.0 Å². The molecular weight excluding hydrogens is 273 g/mol. The lowest BCUT2D eigenvalue weighted by molar-refractivity contribution is -0.231. The maximum absolute atomic E-state index is 12.4. The van der Waals surface area contributed by atoms with Gasteiger partial charge in [-0.05, 0) is 43.5 Å². The fourth-order valence-corrected chi connectivity index (χ4v) is 3.35. The van der Waals surface area contributed by atoms with Gasteiger partial charge in [-0.25, -0.2) is 0 Å². The molecule has 2 bridgehead atoms. The number of ether oxygens (including phenoxy) is 1. The molecule has 0 radical (unpaired) electrons. The zero-order chi connectivity index (χ0) is 14.6. The van der Waals surface area contributed by atoms with Gasteiger partial charge in [0.25, 0.3) is 0 Å². The van der Waals surface area contributed by atoms with E-state index < -0.39 is 23.1 Å². The van der Waals surface area contributed by atoms with Crippen LogP contribution in [-0.4, -0.2) is 17.7 Å². The summed E-state index contributed by atoms with van der Waals surface area (Å²) in [5.41, 5.74) is -1.34. The van der Waals surface area contributed by atoms with Crippen molar-refractivity contribution in [2.45, 2.75) is 25.4 Å². The number of rotatable bonds is 4. The first-order chi connectivity index (χ1) is 9.25. The van der Waals surface area contributed by atoms with Gasteiger partial charge in [-0.15, -0.1) is 0 Å². The van der Waals surface area contributed by atoms with E-state index >= 15 is 0 Å². The van der Waals surface area contributed by atoms with Crippen molar-refractivity contribution in [3.05, 3.63) is 29.8 Å². The monoisotopic (exact) mass is 286 g/mol. The topological polar surface area (TPSA) is 46.5 Å². The smallest absolute Gasteiger partial charge is 0.416 e. The van der Waals surface area contributed by atoms with Gasteiger partial charge in [0.2, 0.25) is 0 Å². The predicted molar refractivity (Wildman–Crippen MR) is 63.3 cm³/mol. The van der Waals surface area contributed by atoms with Gasteiger partial charge in [0.05, 0.1) is 17.6 Å². The Kier molecular flexibility index (Phi) is 2.59. The molecule has 1 N–H and O–H groups in total. The van der Waals surface area contributed by atoms with E-state index in [0.29, 0.717) is 31.6 Å². The fourth-order valence-electron chi connectivity index (χ4n) is 3.35. The molecule has 0 atom stereocenters. The highest BCUT2D eigenvalue weighted by molar-refractivity contribution is 5.79. The van der Waals surface area contributed by atoms with Crippen LogP contribution < -0.4 is 4.74 Å². The third-order valence-corrected chi connectivity index (χ3v) is 4.32. The lowest BCUT2D eigenvalue weighted by Crippen LogP contribution is -2.67. The van der Waals surface area contributed by atoms with Crippen LogP contribution in [0.1, 0.15) is 24.8 Å². The van der Waals surface area contributed by atoms with Crippen LogP contribution in [0.4, 0.5) is 13.2 Å². The first-order valence-corrected chi connectivity index (χ1v) is 6.28. The Morgan fingerprint density at radius 3 is 2.20 bits per heavy atom. The third-order valence-electron chi connectivity index (χ3n) is 4.32. The summed E-state index contributed by atoms with van der Waals surface area (Å²) in [7, 11) is 0. The van der Waals surface area contributed by atoms with Crippen LogP contribution in [-0.2, 0) is 11.0 Å². The standard InChI is InChI=1S/C14H13F3O3/c15-14(16,17)9-1-3-10(4-2-9)20-8-12-5-13(6-12,7-12)11(18)19/h1-4H,5-8H2,(H,18,19). The number of benzene rings is 1. The van der Waals surface area contributed by atoms with E-state index in [-0.39, 0.29) is 5.41 Å². The molecule has 3 aliphatic rings. The molecule has 0 saturated heterocycles. The molecule has 1 aromatic rings. The molecule has 3 nitrogen and oxygen atoms in total. The van der Waals surface area contributed by atoms with E-state index in [1.807, 2.05) is 0 Å². The normalized spacial score (nSPS) is 31.1. The van der Waals surface area contributed by atoms with Crippen molar-refractivity contribution in [3.63, 3.8) is 0 Å². The molecule has 4 rings (SSSR count). The van der Waals surface area contributed by atoms with E-state index in [4.69, 9.17) is 9.84 Å². The van der Waals surface area contributed by atoms with Crippen LogP contribution in [0, 0.1) is 10.8 Å².